The minimum absolute atomic E-state index is 0.0816. The van der Waals surface area contributed by atoms with Gasteiger partial charge in [0.2, 0.25) is 0 Å². The molecular formula is C16H18F3N3. The lowest BCUT2D eigenvalue weighted by atomic mass is 9.86. The molecule has 1 aliphatic rings. The Balaban J connectivity index is 1.93. The van der Waals surface area contributed by atoms with Crippen molar-refractivity contribution in [1.29, 1.82) is 0 Å². The van der Waals surface area contributed by atoms with Crippen LogP contribution in [0, 0.1) is 0 Å². The van der Waals surface area contributed by atoms with Gasteiger partial charge in [0.1, 0.15) is 6.54 Å². The third-order valence-electron chi connectivity index (χ3n) is 4.06. The van der Waals surface area contributed by atoms with Crippen molar-refractivity contribution >= 4 is 5.69 Å². The van der Waals surface area contributed by atoms with Gasteiger partial charge in [0.05, 0.1) is 12.0 Å². The molecule has 0 aliphatic carbocycles. The Labute approximate surface area is 127 Å². The molecule has 0 bridgehead atoms. The number of likely N-dealkylation sites (N-methyl/N-ethyl adjacent to an activating group) is 1. The highest BCUT2D eigenvalue weighted by atomic mass is 19.4. The number of nitrogens with zero attached hydrogens (tertiary/aromatic N) is 3. The van der Waals surface area contributed by atoms with Crippen molar-refractivity contribution in [3.05, 3.63) is 36.3 Å². The smallest absolute Gasteiger partial charge is 0.373 e. The van der Waals surface area contributed by atoms with E-state index < -0.39 is 12.7 Å². The number of rotatable bonds is 2. The summed E-state index contributed by atoms with van der Waals surface area (Å²) in [5.74, 6) is 0. The first-order valence-corrected chi connectivity index (χ1v) is 7.10. The topological polar surface area (TPSA) is 21.1 Å². The van der Waals surface area contributed by atoms with Crippen LogP contribution in [0.5, 0.6) is 0 Å². The monoisotopic (exact) mass is 309 g/mol. The number of hydrogen-bond acceptors (Lipinski definition) is 2. The number of alkyl halides is 3. The fourth-order valence-corrected chi connectivity index (χ4v) is 3.15. The van der Waals surface area contributed by atoms with Gasteiger partial charge in [-0.3, -0.25) is 0 Å². The van der Waals surface area contributed by atoms with E-state index in [0.29, 0.717) is 5.69 Å². The summed E-state index contributed by atoms with van der Waals surface area (Å²) in [5.41, 5.74) is 3.86. The van der Waals surface area contributed by atoms with Crippen LogP contribution in [-0.4, -0.2) is 29.3 Å². The second kappa shape index (κ2) is 4.76. The third kappa shape index (κ3) is 2.69. The number of fused-ring (bicyclic) bond motifs is 1. The lowest BCUT2D eigenvalue weighted by molar-refractivity contribution is -0.140. The molecule has 0 radical (unpaired) electrons. The van der Waals surface area contributed by atoms with Crippen LogP contribution < -0.4 is 4.90 Å². The molecule has 3 rings (SSSR count). The van der Waals surface area contributed by atoms with Crippen molar-refractivity contribution < 1.29 is 13.2 Å². The number of halogens is 3. The van der Waals surface area contributed by atoms with Gasteiger partial charge >= 0.3 is 6.18 Å². The van der Waals surface area contributed by atoms with Gasteiger partial charge in [0.25, 0.3) is 0 Å². The average molecular weight is 309 g/mol. The fraction of sp³-hybridized carbons (Fsp3) is 0.438. The van der Waals surface area contributed by atoms with E-state index in [2.05, 4.69) is 29.8 Å². The van der Waals surface area contributed by atoms with E-state index >= 15 is 0 Å². The van der Waals surface area contributed by atoms with E-state index in [1.54, 1.807) is 0 Å². The quantitative estimate of drug-likeness (QED) is 0.840. The maximum Gasteiger partial charge on any atom is 0.406 e. The summed E-state index contributed by atoms with van der Waals surface area (Å²) in [7, 11) is 2.03. The molecular weight excluding hydrogens is 291 g/mol. The molecule has 3 nitrogen and oxygen atoms in total. The number of anilines is 1. The van der Waals surface area contributed by atoms with Crippen LogP contribution in [0.15, 0.2) is 30.7 Å². The molecule has 6 heteroatoms. The number of benzene rings is 1. The van der Waals surface area contributed by atoms with Crippen molar-refractivity contribution in [2.75, 3.05) is 18.5 Å². The Kier molecular flexibility index (Phi) is 3.23. The zero-order chi connectivity index (χ0) is 16.1. The molecule has 2 heterocycles. The summed E-state index contributed by atoms with van der Waals surface area (Å²) < 4.78 is 38.3. The molecule has 0 N–H and O–H groups in total. The minimum atomic E-state index is -4.24. The first-order valence-electron chi connectivity index (χ1n) is 7.10. The zero-order valence-corrected chi connectivity index (χ0v) is 12.8. The first-order chi connectivity index (χ1) is 10.2. The van der Waals surface area contributed by atoms with Gasteiger partial charge in [-0.05, 0) is 11.6 Å². The van der Waals surface area contributed by atoms with E-state index in [9.17, 15) is 13.2 Å². The molecule has 0 saturated carbocycles. The maximum absolute atomic E-state index is 12.4. The van der Waals surface area contributed by atoms with Gasteiger partial charge in [0.15, 0.2) is 0 Å². The molecule has 1 aromatic carbocycles. The summed E-state index contributed by atoms with van der Waals surface area (Å²) in [6.45, 7) is 4.28. The molecule has 0 unspecified atom stereocenters. The summed E-state index contributed by atoms with van der Waals surface area (Å²) in [4.78, 5) is 6.27. The molecule has 1 aromatic heterocycles. The Hall–Kier alpha value is -1.98. The highest BCUT2D eigenvalue weighted by Gasteiger charge is 2.33. The Bertz CT molecular complexity index is 701. The molecule has 0 fully saturated rings. The van der Waals surface area contributed by atoms with Crippen LogP contribution in [0.4, 0.5) is 18.9 Å². The predicted molar refractivity (Wildman–Crippen MR) is 80.0 cm³/mol. The predicted octanol–water partition coefficient (Wildman–Crippen LogP) is 3.84. The fourth-order valence-electron chi connectivity index (χ4n) is 3.15. The Morgan fingerprint density at radius 1 is 1.27 bits per heavy atom. The van der Waals surface area contributed by atoms with Crippen LogP contribution in [-0.2, 0) is 12.0 Å². The molecule has 0 spiro atoms. The summed E-state index contributed by atoms with van der Waals surface area (Å²) in [6, 6.07) is 5.99. The van der Waals surface area contributed by atoms with Crippen molar-refractivity contribution in [2.45, 2.75) is 32.0 Å². The van der Waals surface area contributed by atoms with Crippen LogP contribution in [0.25, 0.3) is 11.3 Å². The van der Waals surface area contributed by atoms with Crippen molar-refractivity contribution in [3.63, 3.8) is 0 Å². The van der Waals surface area contributed by atoms with E-state index in [1.807, 2.05) is 19.2 Å². The molecule has 1 aliphatic heterocycles. The Morgan fingerprint density at radius 3 is 2.68 bits per heavy atom. The second-order valence-corrected chi connectivity index (χ2v) is 6.52. The molecule has 0 amide bonds. The van der Waals surface area contributed by atoms with Crippen molar-refractivity contribution in [1.82, 2.24) is 9.55 Å². The second-order valence-electron chi connectivity index (χ2n) is 6.52. The molecule has 22 heavy (non-hydrogen) atoms. The SMILES string of the molecule is CN1CC(C)(C)c2ccc(-c3cn(CC(F)(F)F)cn3)cc21. The lowest BCUT2D eigenvalue weighted by Gasteiger charge is -2.18. The van der Waals surface area contributed by atoms with Crippen molar-refractivity contribution in [3.8, 4) is 11.3 Å². The lowest BCUT2D eigenvalue weighted by Crippen LogP contribution is -2.24. The van der Waals surface area contributed by atoms with Gasteiger partial charge in [-0.2, -0.15) is 13.2 Å². The van der Waals surface area contributed by atoms with Gasteiger partial charge < -0.3 is 9.47 Å². The van der Waals surface area contributed by atoms with E-state index in [1.165, 1.54) is 18.1 Å². The van der Waals surface area contributed by atoms with E-state index in [4.69, 9.17) is 0 Å². The largest absolute Gasteiger partial charge is 0.406 e. The summed E-state index contributed by atoms with van der Waals surface area (Å²) in [5, 5.41) is 0. The first kappa shape index (κ1) is 14.9. The molecule has 0 saturated heterocycles. The summed E-state index contributed by atoms with van der Waals surface area (Å²) >= 11 is 0. The molecule has 2 aromatic rings. The minimum Gasteiger partial charge on any atom is -0.373 e. The van der Waals surface area contributed by atoms with Crippen LogP contribution in [0.2, 0.25) is 0 Å². The zero-order valence-electron chi connectivity index (χ0n) is 12.8. The summed E-state index contributed by atoms with van der Waals surface area (Å²) in [6.07, 6.45) is -1.57. The highest BCUT2D eigenvalue weighted by molar-refractivity contribution is 5.71. The molecule has 0 atom stereocenters. The van der Waals surface area contributed by atoms with E-state index in [-0.39, 0.29) is 5.41 Å². The van der Waals surface area contributed by atoms with Gasteiger partial charge in [-0.15, -0.1) is 0 Å². The standard InChI is InChI=1S/C16H18F3N3/c1-15(2)8-21(3)14-6-11(4-5-12(14)15)13-7-22(10-20-13)9-16(17,18)19/h4-7,10H,8-9H2,1-3H3. The van der Waals surface area contributed by atoms with Crippen molar-refractivity contribution in [2.24, 2.45) is 0 Å². The molecule has 118 valence electrons. The highest BCUT2D eigenvalue weighted by Crippen LogP contribution is 2.41. The Morgan fingerprint density at radius 2 is 2.00 bits per heavy atom. The number of hydrogen-bond donors (Lipinski definition) is 0. The number of imidazole rings is 1. The third-order valence-corrected chi connectivity index (χ3v) is 4.06. The average Bonchev–Trinajstić information content (AvgIpc) is 2.91. The van der Waals surface area contributed by atoms with E-state index in [0.717, 1.165) is 22.4 Å². The number of aromatic nitrogens is 2. The van der Waals surface area contributed by atoms with Crippen LogP contribution >= 0.6 is 0 Å². The normalized spacial score (nSPS) is 16.9. The van der Waals surface area contributed by atoms with Gasteiger partial charge in [0, 0.05) is 36.5 Å². The van der Waals surface area contributed by atoms with Gasteiger partial charge in [-0.25, -0.2) is 4.98 Å². The van der Waals surface area contributed by atoms with Crippen LogP contribution in [0.3, 0.4) is 0 Å². The van der Waals surface area contributed by atoms with Gasteiger partial charge in [-0.1, -0.05) is 26.0 Å². The van der Waals surface area contributed by atoms with Crippen LogP contribution in [0.1, 0.15) is 19.4 Å². The maximum atomic E-state index is 12.4.